The first-order valence-corrected chi connectivity index (χ1v) is 20.6. The van der Waals surface area contributed by atoms with Gasteiger partial charge in [0, 0.05) is 12.8 Å². The maximum atomic E-state index is 11.1. The molecule has 0 aliphatic rings. The van der Waals surface area contributed by atoms with Gasteiger partial charge in [-0.2, -0.15) is 0 Å². The molecule has 0 atom stereocenters. The Bertz CT molecular complexity index is 1870. The van der Waals surface area contributed by atoms with Crippen LogP contribution in [0.25, 0.3) is 0 Å². The van der Waals surface area contributed by atoms with E-state index in [1.165, 1.54) is 39.7 Å². The maximum absolute atomic E-state index is 11.1. The zero-order chi connectivity index (χ0) is 41.5. The molecular weight excluding hydrogens is 677 g/mol. The van der Waals surface area contributed by atoms with Gasteiger partial charge in [0.1, 0.15) is 17.2 Å². The van der Waals surface area contributed by atoms with Crippen LogP contribution in [0.15, 0.2) is 77.6 Å². The van der Waals surface area contributed by atoms with Crippen LogP contribution in [0.3, 0.4) is 0 Å². The van der Waals surface area contributed by atoms with Gasteiger partial charge >= 0.3 is 0 Å². The van der Waals surface area contributed by atoms with Crippen LogP contribution in [0.1, 0.15) is 161 Å². The van der Waals surface area contributed by atoms with Crippen molar-refractivity contribution in [1.82, 2.24) is 0 Å². The van der Waals surface area contributed by atoms with Gasteiger partial charge in [0.2, 0.25) is 0 Å². The van der Waals surface area contributed by atoms with Crippen LogP contribution < -0.4 is 9.47 Å². The van der Waals surface area contributed by atoms with E-state index in [9.17, 15) is 10.2 Å². The second-order valence-electron chi connectivity index (χ2n) is 18.6. The molecule has 0 aliphatic carbocycles. The van der Waals surface area contributed by atoms with Crippen molar-refractivity contribution in [3.05, 3.63) is 122 Å². The molecule has 0 saturated heterocycles. The van der Waals surface area contributed by atoms with Crippen molar-refractivity contribution in [1.29, 1.82) is 0 Å². The third-order valence-corrected chi connectivity index (χ3v) is 12.4. The van der Waals surface area contributed by atoms with Crippen molar-refractivity contribution >= 4 is 0 Å². The molecule has 3 aromatic rings. The Kier molecular flexibility index (Phi) is 15.2. The lowest BCUT2D eigenvalue weighted by molar-refractivity contribution is 0.404. The summed E-state index contributed by atoms with van der Waals surface area (Å²) in [5.74, 6) is 2.07. The number of aromatic hydroxyl groups is 1. The summed E-state index contributed by atoms with van der Waals surface area (Å²) in [5.41, 5.74) is 12.1. The highest BCUT2D eigenvalue weighted by atomic mass is 16.5. The summed E-state index contributed by atoms with van der Waals surface area (Å²) in [6.07, 6.45) is 11.4. The predicted octanol–water partition coefficient (Wildman–Crippen LogP) is 13.8. The van der Waals surface area contributed by atoms with E-state index in [4.69, 9.17) is 9.47 Å². The first-order chi connectivity index (χ1) is 25.6. The molecule has 0 amide bonds. The highest BCUT2D eigenvalue weighted by Gasteiger charge is 2.26. The highest BCUT2D eigenvalue weighted by Crippen LogP contribution is 2.40. The molecule has 0 aliphatic heterocycles. The van der Waals surface area contributed by atoms with Crippen LogP contribution in [-0.4, -0.2) is 24.4 Å². The minimum Gasteiger partial charge on any atom is -0.515 e. The minimum absolute atomic E-state index is 0.00497. The van der Waals surface area contributed by atoms with E-state index in [1.54, 1.807) is 14.2 Å². The van der Waals surface area contributed by atoms with E-state index in [0.29, 0.717) is 18.6 Å². The number of benzene rings is 3. The van der Waals surface area contributed by atoms with Crippen LogP contribution in [0.2, 0.25) is 0 Å². The summed E-state index contributed by atoms with van der Waals surface area (Å²) < 4.78 is 12.2. The molecule has 2 N–H and O–H groups in total. The molecule has 0 radical (unpaired) electrons. The third-order valence-electron chi connectivity index (χ3n) is 12.4. The van der Waals surface area contributed by atoms with Crippen molar-refractivity contribution in [2.45, 2.75) is 158 Å². The number of allylic oxidation sites excluding steroid dienone is 5. The smallest absolute Gasteiger partial charge is 0.125 e. The van der Waals surface area contributed by atoms with Gasteiger partial charge in [0.25, 0.3) is 0 Å². The van der Waals surface area contributed by atoms with Crippen molar-refractivity contribution in [3.8, 4) is 17.2 Å². The van der Waals surface area contributed by atoms with Crippen LogP contribution in [-0.2, 0) is 41.9 Å². The molecule has 3 rings (SSSR count). The van der Waals surface area contributed by atoms with Crippen molar-refractivity contribution in [3.63, 3.8) is 0 Å². The molecule has 4 heteroatoms. The van der Waals surface area contributed by atoms with Gasteiger partial charge in [-0.05, 0) is 122 Å². The average Bonchev–Trinajstić information content (AvgIpc) is 3.13. The second kappa shape index (κ2) is 18.4. The zero-order valence-corrected chi connectivity index (χ0v) is 37.4. The fraction of sp³-hybridized carbons (Fsp3) is 0.529. The third kappa shape index (κ3) is 11.1. The Morgan fingerprint density at radius 1 is 0.600 bits per heavy atom. The number of phenolic OH excluding ortho intramolecular Hbond substituents is 1. The van der Waals surface area contributed by atoms with Gasteiger partial charge < -0.3 is 19.7 Å². The van der Waals surface area contributed by atoms with E-state index >= 15 is 0 Å². The Morgan fingerprint density at radius 3 is 1.53 bits per heavy atom. The topological polar surface area (TPSA) is 58.9 Å². The van der Waals surface area contributed by atoms with Gasteiger partial charge in [-0.15, -0.1) is 0 Å². The number of hydrogen-bond donors (Lipinski definition) is 2. The molecule has 0 saturated carbocycles. The molecule has 0 spiro atoms. The fourth-order valence-corrected chi connectivity index (χ4v) is 7.08. The highest BCUT2D eigenvalue weighted by molar-refractivity contribution is 5.53. The van der Waals surface area contributed by atoms with Crippen LogP contribution in [0.4, 0.5) is 0 Å². The van der Waals surface area contributed by atoms with E-state index in [2.05, 4.69) is 139 Å². The fourth-order valence-electron chi connectivity index (χ4n) is 7.08. The minimum atomic E-state index is -0.184. The van der Waals surface area contributed by atoms with E-state index in [0.717, 1.165) is 71.4 Å². The van der Waals surface area contributed by atoms with Crippen LogP contribution in [0, 0.1) is 5.41 Å². The van der Waals surface area contributed by atoms with E-state index in [-0.39, 0.29) is 21.7 Å². The van der Waals surface area contributed by atoms with Gasteiger partial charge in [-0.3, -0.25) is 0 Å². The van der Waals surface area contributed by atoms with Gasteiger partial charge in [0.15, 0.2) is 0 Å². The average molecular weight is 751 g/mol. The molecule has 0 bridgehead atoms. The Hall–Kier alpha value is -3.92. The number of ether oxygens (including phenoxy) is 2. The Labute approximate surface area is 335 Å². The summed E-state index contributed by atoms with van der Waals surface area (Å²) in [6.45, 7) is 31.4. The van der Waals surface area contributed by atoms with Gasteiger partial charge in [-0.25, -0.2) is 0 Å². The SMILES string of the molecule is CCc1cc(C(C)(C)CC)cc(C/C(C)=C/C(=C\C(=C\O)Cc2cc(C(C)(C)CC)cc(Cc3cc(C(C)(C)CC)ccc3O)c2OC)C(C)(C)C)c1OC. The molecule has 0 fully saturated rings. The van der Waals surface area contributed by atoms with Crippen molar-refractivity contribution in [2.24, 2.45) is 5.41 Å². The van der Waals surface area contributed by atoms with Crippen molar-refractivity contribution < 1.29 is 19.7 Å². The molecule has 3 aromatic carbocycles. The lowest BCUT2D eigenvalue weighted by atomic mass is 9.78. The number of aryl methyl sites for hydroxylation is 1. The van der Waals surface area contributed by atoms with Gasteiger partial charge in [0.05, 0.1) is 20.5 Å². The summed E-state index contributed by atoms with van der Waals surface area (Å²) in [4.78, 5) is 0. The molecule has 0 heterocycles. The summed E-state index contributed by atoms with van der Waals surface area (Å²) in [6, 6.07) is 15.2. The summed E-state index contributed by atoms with van der Waals surface area (Å²) in [5, 5.41) is 21.9. The lowest BCUT2D eigenvalue weighted by Gasteiger charge is -2.27. The quantitative estimate of drug-likeness (QED) is 0.107. The van der Waals surface area contributed by atoms with Gasteiger partial charge in [-0.1, -0.05) is 144 Å². The number of hydrogen-bond acceptors (Lipinski definition) is 4. The number of aliphatic hydroxyl groups is 1. The van der Waals surface area contributed by atoms with E-state index < -0.39 is 0 Å². The molecule has 302 valence electrons. The maximum Gasteiger partial charge on any atom is 0.125 e. The largest absolute Gasteiger partial charge is 0.515 e. The lowest BCUT2D eigenvalue weighted by Crippen LogP contribution is -2.17. The van der Waals surface area contributed by atoms with Crippen molar-refractivity contribution in [2.75, 3.05) is 14.2 Å². The normalized spacial score (nSPS) is 13.7. The predicted molar refractivity (Wildman–Crippen MR) is 236 cm³/mol. The first-order valence-electron chi connectivity index (χ1n) is 20.6. The van der Waals surface area contributed by atoms with Crippen LogP contribution in [0.5, 0.6) is 17.2 Å². The van der Waals surface area contributed by atoms with Crippen LogP contribution >= 0.6 is 0 Å². The number of methoxy groups -OCH3 is 2. The monoisotopic (exact) mass is 751 g/mol. The molecule has 0 unspecified atom stereocenters. The summed E-state index contributed by atoms with van der Waals surface area (Å²) >= 11 is 0. The zero-order valence-electron chi connectivity index (χ0n) is 37.4. The first kappa shape index (κ1) is 45.5. The molecule has 0 aromatic heterocycles. The summed E-state index contributed by atoms with van der Waals surface area (Å²) in [7, 11) is 3.51. The van der Waals surface area contributed by atoms with E-state index in [1.807, 2.05) is 12.1 Å². The second-order valence-corrected chi connectivity index (χ2v) is 18.6. The molecular formula is C51H74O4. The molecule has 55 heavy (non-hydrogen) atoms. The molecule has 4 nitrogen and oxygen atoms in total. The number of aliphatic hydroxyl groups excluding tert-OH is 1. The Balaban J connectivity index is 2.16. The Morgan fingerprint density at radius 2 is 1.05 bits per heavy atom. The number of rotatable bonds is 17. The standard InChI is InChI=1S/C51H74O4/c1-17-36-28-43(50(11,12)19-3)30-38(46(36)54-15)23-34(5)24-42(48(6,7)8)26-35(33-52)25-39-31-44(51(13,14)20-4)32-40(47(39)55-16)27-37-29-41(21-22-45(37)53)49(9,10)18-2/h21-22,24,26,28-33,52-53H,17-20,23,25,27H2,1-16H3/b34-24+,35-33+,42-26+. The number of phenols is 1.